The normalized spacial score (nSPS) is 10.3. The second kappa shape index (κ2) is 6.96. The van der Waals surface area contributed by atoms with Crippen LogP contribution in [0.3, 0.4) is 0 Å². The third-order valence-electron chi connectivity index (χ3n) is 2.94. The Morgan fingerprint density at radius 1 is 1.29 bits per heavy atom. The predicted molar refractivity (Wildman–Crippen MR) is 89.5 cm³/mol. The molecule has 21 heavy (non-hydrogen) atoms. The number of benzene rings is 2. The van der Waals surface area contributed by atoms with E-state index in [1.54, 1.807) is 18.2 Å². The standard InChI is InChI=1S/C16H15BrClNO2/c1-3-21-12-5-7-15(10(2)8-12)19-16(20)11-4-6-13(17)14(18)9-11/h4-9H,3H2,1-2H3,(H,19,20). The van der Waals surface area contributed by atoms with E-state index in [-0.39, 0.29) is 5.91 Å². The van der Waals surface area contributed by atoms with Crippen LogP contribution < -0.4 is 10.1 Å². The molecule has 0 saturated carbocycles. The van der Waals surface area contributed by atoms with Gasteiger partial charge in [0.1, 0.15) is 5.75 Å². The Kier molecular flexibility index (Phi) is 5.26. The monoisotopic (exact) mass is 367 g/mol. The summed E-state index contributed by atoms with van der Waals surface area (Å²) in [6, 6.07) is 10.7. The molecular weight excluding hydrogens is 354 g/mol. The summed E-state index contributed by atoms with van der Waals surface area (Å²) in [5.41, 5.74) is 2.21. The van der Waals surface area contributed by atoms with Crippen molar-refractivity contribution >= 4 is 39.1 Å². The Morgan fingerprint density at radius 3 is 2.67 bits per heavy atom. The average molecular weight is 369 g/mol. The first-order chi connectivity index (χ1) is 10.0. The van der Waals surface area contributed by atoms with E-state index in [1.807, 2.05) is 32.0 Å². The summed E-state index contributed by atoms with van der Waals surface area (Å²) < 4.78 is 6.19. The summed E-state index contributed by atoms with van der Waals surface area (Å²) in [6.45, 7) is 4.47. The second-order valence-electron chi connectivity index (χ2n) is 4.49. The molecule has 1 amide bonds. The molecule has 1 N–H and O–H groups in total. The summed E-state index contributed by atoms with van der Waals surface area (Å²) in [5.74, 6) is 0.594. The van der Waals surface area contributed by atoms with Gasteiger partial charge in [0.25, 0.3) is 5.91 Å². The molecule has 2 aromatic rings. The number of carbonyl (C=O) groups excluding carboxylic acids is 1. The van der Waals surface area contributed by atoms with Crippen molar-refractivity contribution in [3.05, 3.63) is 57.0 Å². The van der Waals surface area contributed by atoms with Gasteiger partial charge in [-0.25, -0.2) is 0 Å². The number of aryl methyl sites for hydroxylation is 1. The third kappa shape index (κ3) is 3.99. The van der Waals surface area contributed by atoms with Gasteiger partial charge in [0.15, 0.2) is 0 Å². The largest absolute Gasteiger partial charge is 0.494 e. The van der Waals surface area contributed by atoms with E-state index in [9.17, 15) is 4.79 Å². The maximum absolute atomic E-state index is 12.2. The van der Waals surface area contributed by atoms with Gasteiger partial charge >= 0.3 is 0 Å². The van der Waals surface area contributed by atoms with E-state index >= 15 is 0 Å². The van der Waals surface area contributed by atoms with E-state index in [2.05, 4.69) is 21.2 Å². The smallest absolute Gasteiger partial charge is 0.255 e. The molecule has 2 aromatic carbocycles. The number of halogens is 2. The lowest BCUT2D eigenvalue weighted by Gasteiger charge is -2.11. The van der Waals surface area contributed by atoms with Crippen LogP contribution in [0.15, 0.2) is 40.9 Å². The van der Waals surface area contributed by atoms with Crippen LogP contribution in [0.4, 0.5) is 5.69 Å². The lowest BCUT2D eigenvalue weighted by molar-refractivity contribution is 0.102. The highest BCUT2D eigenvalue weighted by Crippen LogP contribution is 2.25. The van der Waals surface area contributed by atoms with E-state index < -0.39 is 0 Å². The highest BCUT2D eigenvalue weighted by atomic mass is 79.9. The van der Waals surface area contributed by atoms with Crippen LogP contribution in [0.2, 0.25) is 5.02 Å². The zero-order valence-corrected chi connectivity index (χ0v) is 14.1. The predicted octanol–water partition coefficient (Wildman–Crippen LogP) is 5.06. The number of nitrogens with one attached hydrogen (secondary N) is 1. The minimum atomic E-state index is -0.198. The number of rotatable bonds is 4. The van der Waals surface area contributed by atoms with Gasteiger partial charge in [-0.15, -0.1) is 0 Å². The average Bonchev–Trinajstić information content (AvgIpc) is 2.45. The molecule has 0 fully saturated rings. The molecule has 2 rings (SSSR count). The maximum atomic E-state index is 12.2. The summed E-state index contributed by atoms with van der Waals surface area (Å²) in [6.07, 6.45) is 0. The summed E-state index contributed by atoms with van der Waals surface area (Å²) in [5, 5.41) is 3.38. The van der Waals surface area contributed by atoms with Crippen molar-refractivity contribution in [3.8, 4) is 5.75 Å². The van der Waals surface area contributed by atoms with E-state index in [1.165, 1.54) is 0 Å². The zero-order chi connectivity index (χ0) is 15.4. The summed E-state index contributed by atoms with van der Waals surface area (Å²) >= 11 is 9.31. The number of carbonyl (C=O) groups is 1. The molecule has 0 atom stereocenters. The molecule has 0 spiro atoms. The zero-order valence-electron chi connectivity index (χ0n) is 11.7. The number of ether oxygens (including phenoxy) is 1. The third-order valence-corrected chi connectivity index (χ3v) is 4.17. The fourth-order valence-corrected chi connectivity index (χ4v) is 2.29. The minimum Gasteiger partial charge on any atom is -0.494 e. The molecular formula is C16H15BrClNO2. The van der Waals surface area contributed by atoms with Crippen molar-refractivity contribution in [2.24, 2.45) is 0 Å². The van der Waals surface area contributed by atoms with Crippen molar-refractivity contribution < 1.29 is 9.53 Å². The van der Waals surface area contributed by atoms with Crippen molar-refractivity contribution in [2.75, 3.05) is 11.9 Å². The van der Waals surface area contributed by atoms with Crippen molar-refractivity contribution in [1.29, 1.82) is 0 Å². The van der Waals surface area contributed by atoms with E-state index in [0.29, 0.717) is 17.2 Å². The van der Waals surface area contributed by atoms with Gasteiger partial charge in [-0.2, -0.15) is 0 Å². The van der Waals surface area contributed by atoms with Gasteiger partial charge in [-0.1, -0.05) is 11.6 Å². The second-order valence-corrected chi connectivity index (χ2v) is 5.75. The topological polar surface area (TPSA) is 38.3 Å². The first-order valence-corrected chi connectivity index (χ1v) is 7.68. The first kappa shape index (κ1) is 15.9. The van der Waals surface area contributed by atoms with E-state index in [0.717, 1.165) is 21.5 Å². The molecule has 110 valence electrons. The lowest BCUT2D eigenvalue weighted by Crippen LogP contribution is -2.12. The van der Waals surface area contributed by atoms with E-state index in [4.69, 9.17) is 16.3 Å². The van der Waals surface area contributed by atoms with Gasteiger partial charge in [-0.3, -0.25) is 4.79 Å². The highest BCUT2D eigenvalue weighted by molar-refractivity contribution is 9.10. The van der Waals surface area contributed by atoms with Crippen LogP contribution >= 0.6 is 27.5 Å². The molecule has 0 saturated heterocycles. The van der Waals surface area contributed by atoms with Crippen LogP contribution in [0.25, 0.3) is 0 Å². The Balaban J connectivity index is 2.17. The van der Waals surface area contributed by atoms with Gasteiger partial charge in [0, 0.05) is 15.7 Å². The molecule has 0 aliphatic rings. The first-order valence-electron chi connectivity index (χ1n) is 6.51. The Labute approximate surface area is 137 Å². The number of anilines is 1. The van der Waals surface area contributed by atoms with Crippen molar-refractivity contribution in [3.63, 3.8) is 0 Å². The van der Waals surface area contributed by atoms with Crippen molar-refractivity contribution in [2.45, 2.75) is 13.8 Å². The molecule has 0 bridgehead atoms. The van der Waals surface area contributed by atoms with Crippen LogP contribution in [0.1, 0.15) is 22.8 Å². The fraction of sp³-hybridized carbons (Fsp3) is 0.188. The number of hydrogen-bond donors (Lipinski definition) is 1. The maximum Gasteiger partial charge on any atom is 0.255 e. The van der Waals surface area contributed by atoms with Gasteiger partial charge in [-0.05, 0) is 71.7 Å². The van der Waals surface area contributed by atoms with Crippen LogP contribution in [0, 0.1) is 6.92 Å². The van der Waals surface area contributed by atoms with Crippen LogP contribution in [-0.2, 0) is 0 Å². The van der Waals surface area contributed by atoms with Gasteiger partial charge in [0.05, 0.1) is 11.6 Å². The van der Waals surface area contributed by atoms with Crippen LogP contribution in [-0.4, -0.2) is 12.5 Å². The molecule has 0 aliphatic carbocycles. The summed E-state index contributed by atoms with van der Waals surface area (Å²) in [4.78, 5) is 12.2. The molecule has 0 heterocycles. The van der Waals surface area contributed by atoms with Gasteiger partial charge in [0.2, 0.25) is 0 Å². The Morgan fingerprint density at radius 2 is 2.05 bits per heavy atom. The lowest BCUT2D eigenvalue weighted by atomic mass is 10.1. The number of amides is 1. The Bertz CT molecular complexity index is 673. The molecule has 0 unspecified atom stereocenters. The molecule has 0 aromatic heterocycles. The molecule has 5 heteroatoms. The summed E-state index contributed by atoms with van der Waals surface area (Å²) in [7, 11) is 0. The van der Waals surface area contributed by atoms with Crippen LogP contribution in [0.5, 0.6) is 5.75 Å². The highest BCUT2D eigenvalue weighted by Gasteiger charge is 2.10. The SMILES string of the molecule is CCOc1ccc(NC(=O)c2ccc(Br)c(Cl)c2)c(C)c1. The van der Waals surface area contributed by atoms with Gasteiger partial charge < -0.3 is 10.1 Å². The quantitative estimate of drug-likeness (QED) is 0.819. The minimum absolute atomic E-state index is 0.198. The molecule has 0 aliphatic heterocycles. The molecule has 3 nitrogen and oxygen atoms in total. The van der Waals surface area contributed by atoms with Crippen molar-refractivity contribution in [1.82, 2.24) is 0 Å². The fourth-order valence-electron chi connectivity index (χ4n) is 1.86. The Hall–Kier alpha value is -1.52. The number of hydrogen-bond acceptors (Lipinski definition) is 2. The molecule has 0 radical (unpaired) electrons.